The Hall–Kier alpha value is -4.17. The number of unbranched alkanes of at least 4 members (excludes halogenated alkanes) is 1. The lowest BCUT2D eigenvalue weighted by Crippen LogP contribution is -2.34. The van der Waals surface area contributed by atoms with Crippen LogP contribution in [0.25, 0.3) is 11.0 Å². The van der Waals surface area contributed by atoms with Crippen molar-refractivity contribution in [3.8, 4) is 5.75 Å². The van der Waals surface area contributed by atoms with E-state index in [0.717, 1.165) is 24.0 Å². The number of fused-ring (bicyclic) bond motifs is 1. The van der Waals surface area contributed by atoms with Gasteiger partial charge < -0.3 is 19.8 Å². The molecule has 0 atom stereocenters. The Morgan fingerprint density at radius 3 is 2.26 bits per heavy atom. The molecule has 0 spiro atoms. The van der Waals surface area contributed by atoms with Gasteiger partial charge in [0.25, 0.3) is 11.8 Å². The highest BCUT2D eigenvalue weighted by Crippen LogP contribution is 2.21. The number of hydrogen-bond donors (Lipinski definition) is 3. The summed E-state index contributed by atoms with van der Waals surface area (Å²) in [4.78, 5) is 24.9. The third-order valence-corrected chi connectivity index (χ3v) is 5.36. The number of furan rings is 1. The molecule has 0 aliphatic heterocycles. The van der Waals surface area contributed by atoms with Gasteiger partial charge in [0.2, 0.25) is 0 Å². The number of hydrogen-bond acceptors (Lipinski definition) is 5. The van der Waals surface area contributed by atoms with E-state index < -0.39 is 0 Å². The van der Waals surface area contributed by atoms with Gasteiger partial charge in [0.05, 0.1) is 6.61 Å². The predicted molar refractivity (Wildman–Crippen MR) is 141 cm³/mol. The Morgan fingerprint density at radius 2 is 1.57 bits per heavy atom. The van der Waals surface area contributed by atoms with E-state index in [9.17, 15) is 9.59 Å². The molecule has 0 saturated heterocycles. The summed E-state index contributed by atoms with van der Waals surface area (Å²) in [6, 6.07) is 23.0. The van der Waals surface area contributed by atoms with Gasteiger partial charge in [-0.3, -0.25) is 14.9 Å². The zero-order valence-electron chi connectivity index (χ0n) is 19.2. The monoisotopic (exact) mass is 487 g/mol. The van der Waals surface area contributed by atoms with Crippen molar-refractivity contribution in [3.63, 3.8) is 0 Å². The molecular weight excluding hydrogens is 462 g/mol. The second kappa shape index (κ2) is 11.3. The van der Waals surface area contributed by atoms with Crippen LogP contribution in [-0.2, 0) is 0 Å². The van der Waals surface area contributed by atoms with Crippen LogP contribution < -0.4 is 20.7 Å². The van der Waals surface area contributed by atoms with Crippen molar-refractivity contribution in [2.45, 2.75) is 19.8 Å². The quantitative estimate of drug-likeness (QED) is 0.209. The molecule has 4 aromatic rings. The summed E-state index contributed by atoms with van der Waals surface area (Å²) in [6.07, 6.45) is 2.04. The first-order valence-electron chi connectivity index (χ1n) is 11.3. The van der Waals surface area contributed by atoms with Gasteiger partial charge in [-0.25, -0.2) is 0 Å². The van der Waals surface area contributed by atoms with Crippen LogP contribution in [0.4, 0.5) is 11.4 Å². The van der Waals surface area contributed by atoms with Crippen molar-refractivity contribution in [1.82, 2.24) is 5.32 Å². The van der Waals surface area contributed by atoms with Gasteiger partial charge in [0.1, 0.15) is 11.3 Å². The third-order valence-electron chi connectivity index (χ3n) is 5.16. The highest BCUT2D eigenvalue weighted by atomic mass is 32.1. The van der Waals surface area contributed by atoms with Gasteiger partial charge in [-0.1, -0.05) is 31.5 Å². The van der Waals surface area contributed by atoms with Gasteiger partial charge in [-0.2, -0.15) is 0 Å². The third kappa shape index (κ3) is 6.45. The summed E-state index contributed by atoms with van der Waals surface area (Å²) in [7, 11) is 0. The van der Waals surface area contributed by atoms with E-state index in [0.29, 0.717) is 29.1 Å². The van der Waals surface area contributed by atoms with Crippen molar-refractivity contribution in [3.05, 3.63) is 90.2 Å². The maximum Gasteiger partial charge on any atom is 0.291 e. The lowest BCUT2D eigenvalue weighted by molar-refractivity contribution is 0.0975. The molecule has 0 aliphatic carbocycles. The van der Waals surface area contributed by atoms with E-state index in [4.69, 9.17) is 21.4 Å². The first kappa shape index (κ1) is 24.0. The van der Waals surface area contributed by atoms with Crippen LogP contribution >= 0.6 is 12.2 Å². The van der Waals surface area contributed by atoms with Crippen LogP contribution in [-0.4, -0.2) is 23.5 Å². The number of carbonyl (C=O) groups excluding carboxylic acids is 2. The Morgan fingerprint density at radius 1 is 0.886 bits per heavy atom. The Kier molecular flexibility index (Phi) is 7.74. The van der Waals surface area contributed by atoms with Gasteiger partial charge in [0.15, 0.2) is 10.9 Å². The summed E-state index contributed by atoms with van der Waals surface area (Å²) in [5.74, 6) is 0.296. The maximum absolute atomic E-state index is 12.5. The second-order valence-corrected chi connectivity index (χ2v) is 8.22. The fourth-order valence-electron chi connectivity index (χ4n) is 3.30. The lowest BCUT2D eigenvalue weighted by atomic mass is 10.2. The van der Waals surface area contributed by atoms with Crippen molar-refractivity contribution in [1.29, 1.82) is 0 Å². The first-order chi connectivity index (χ1) is 17.0. The van der Waals surface area contributed by atoms with E-state index in [-0.39, 0.29) is 22.7 Å². The summed E-state index contributed by atoms with van der Waals surface area (Å²) in [5.41, 5.74) is 2.39. The highest BCUT2D eigenvalue weighted by Gasteiger charge is 2.13. The van der Waals surface area contributed by atoms with E-state index in [1.54, 1.807) is 54.6 Å². The Bertz CT molecular complexity index is 1300. The molecule has 1 heterocycles. The zero-order chi connectivity index (χ0) is 24.6. The number of para-hydroxylation sites is 1. The number of thiocarbonyl (C=S) groups is 1. The normalized spacial score (nSPS) is 10.5. The minimum atomic E-state index is -0.341. The molecule has 7 nitrogen and oxygen atoms in total. The molecular formula is C27H25N3O4S. The van der Waals surface area contributed by atoms with Gasteiger partial charge in [-0.15, -0.1) is 0 Å². The molecule has 4 rings (SSSR count). The molecule has 0 aliphatic rings. The number of ether oxygens (including phenoxy) is 1. The molecule has 35 heavy (non-hydrogen) atoms. The standard InChI is InChI=1S/C27H25N3O4S/c1-2-3-16-33-22-14-8-18(9-15-22)25(31)30-27(35)29-21-12-10-20(11-13-21)28-26(32)24-17-19-6-4-5-7-23(19)34-24/h4-15,17H,2-3,16H2,1H3,(H,28,32)(H2,29,30,31,35). The lowest BCUT2D eigenvalue weighted by Gasteiger charge is -2.11. The van der Waals surface area contributed by atoms with Crippen molar-refractivity contribution >= 4 is 51.5 Å². The molecule has 3 aromatic carbocycles. The van der Waals surface area contributed by atoms with E-state index in [1.165, 1.54) is 0 Å². The molecule has 3 N–H and O–H groups in total. The molecule has 1 aromatic heterocycles. The van der Waals surface area contributed by atoms with Crippen LogP contribution in [0.3, 0.4) is 0 Å². The van der Waals surface area contributed by atoms with Crippen LogP contribution in [0.1, 0.15) is 40.7 Å². The molecule has 178 valence electrons. The van der Waals surface area contributed by atoms with Crippen molar-refractivity contribution in [2.75, 3.05) is 17.2 Å². The van der Waals surface area contributed by atoms with Crippen LogP contribution in [0, 0.1) is 0 Å². The smallest absolute Gasteiger partial charge is 0.291 e. The number of anilines is 2. The van der Waals surface area contributed by atoms with E-state index in [1.807, 2.05) is 24.3 Å². The zero-order valence-corrected chi connectivity index (χ0v) is 20.0. The summed E-state index contributed by atoms with van der Waals surface area (Å²) in [5, 5.41) is 9.45. The number of carbonyl (C=O) groups is 2. The van der Waals surface area contributed by atoms with Crippen LogP contribution in [0.2, 0.25) is 0 Å². The Balaban J connectivity index is 1.28. The molecule has 8 heteroatoms. The fourth-order valence-corrected chi connectivity index (χ4v) is 3.51. The summed E-state index contributed by atoms with van der Waals surface area (Å²) >= 11 is 5.26. The SMILES string of the molecule is CCCCOc1ccc(C(=O)NC(=S)Nc2ccc(NC(=O)c3cc4ccccc4o3)cc2)cc1. The summed E-state index contributed by atoms with van der Waals surface area (Å²) < 4.78 is 11.2. The highest BCUT2D eigenvalue weighted by molar-refractivity contribution is 7.80. The molecule has 2 amide bonds. The average Bonchev–Trinajstić information content (AvgIpc) is 3.30. The summed E-state index contributed by atoms with van der Waals surface area (Å²) in [6.45, 7) is 2.75. The number of benzene rings is 3. The second-order valence-electron chi connectivity index (χ2n) is 7.81. The van der Waals surface area contributed by atoms with Gasteiger partial charge in [0, 0.05) is 22.3 Å². The van der Waals surface area contributed by atoms with Crippen molar-refractivity contribution in [2.24, 2.45) is 0 Å². The topological polar surface area (TPSA) is 92.6 Å². The predicted octanol–water partition coefficient (Wildman–Crippen LogP) is 5.99. The van der Waals surface area contributed by atoms with Crippen molar-refractivity contribution < 1.29 is 18.7 Å². The minimum Gasteiger partial charge on any atom is -0.494 e. The number of rotatable bonds is 8. The maximum atomic E-state index is 12.5. The fraction of sp³-hybridized carbons (Fsp3) is 0.148. The van der Waals surface area contributed by atoms with Gasteiger partial charge >= 0.3 is 0 Å². The molecule has 0 bridgehead atoms. The van der Waals surface area contributed by atoms with E-state index in [2.05, 4.69) is 22.9 Å². The number of nitrogens with one attached hydrogen (secondary N) is 3. The Labute approximate surface area is 208 Å². The molecule has 0 fully saturated rings. The molecule has 0 radical (unpaired) electrons. The van der Waals surface area contributed by atoms with E-state index >= 15 is 0 Å². The first-order valence-corrected chi connectivity index (χ1v) is 11.7. The number of amides is 2. The van der Waals surface area contributed by atoms with Crippen LogP contribution in [0.15, 0.2) is 83.3 Å². The largest absolute Gasteiger partial charge is 0.494 e. The molecule has 0 unspecified atom stereocenters. The molecule has 0 saturated carbocycles. The average molecular weight is 488 g/mol. The van der Waals surface area contributed by atoms with Crippen LogP contribution in [0.5, 0.6) is 5.75 Å². The van der Waals surface area contributed by atoms with Gasteiger partial charge in [-0.05, 0) is 79.3 Å². The minimum absolute atomic E-state index is 0.164.